The molecule has 2 rings (SSSR count). The van der Waals surface area contributed by atoms with Crippen LogP contribution in [0.15, 0.2) is 18.2 Å². The van der Waals surface area contributed by atoms with Crippen LogP contribution in [0, 0.1) is 5.82 Å². The quantitative estimate of drug-likeness (QED) is 0.687. The van der Waals surface area contributed by atoms with Gasteiger partial charge in [0.25, 0.3) is 0 Å². The molecule has 1 heterocycles. The number of ether oxygens (including phenoxy) is 1. The first kappa shape index (κ1) is 8.99. The highest BCUT2D eigenvalue weighted by atomic mass is 19.1. The highest BCUT2D eigenvalue weighted by Crippen LogP contribution is 2.29. The largest absolute Gasteiger partial charge is 0.488 e. The SMILES string of the molecule is C[C@@H]1CC(=O)Nc2cc(F)ccc2O1. The topological polar surface area (TPSA) is 38.3 Å². The number of anilines is 1. The summed E-state index contributed by atoms with van der Waals surface area (Å²) in [5.41, 5.74) is 0.402. The Morgan fingerprint density at radius 3 is 3.14 bits per heavy atom. The standard InChI is InChI=1S/C10H10FNO2/c1-6-4-10(13)12-8-5-7(11)2-3-9(8)14-6/h2-3,5-6H,4H2,1H3,(H,12,13)/t6-/m1/s1. The summed E-state index contributed by atoms with van der Waals surface area (Å²) in [6.45, 7) is 1.80. The zero-order valence-corrected chi connectivity index (χ0v) is 7.71. The molecule has 3 nitrogen and oxygen atoms in total. The van der Waals surface area contributed by atoms with E-state index >= 15 is 0 Å². The van der Waals surface area contributed by atoms with Crippen molar-refractivity contribution < 1.29 is 13.9 Å². The fourth-order valence-corrected chi connectivity index (χ4v) is 1.42. The number of benzene rings is 1. The van der Waals surface area contributed by atoms with Crippen LogP contribution in [0.4, 0.5) is 10.1 Å². The Hall–Kier alpha value is -1.58. The molecule has 0 radical (unpaired) electrons. The van der Waals surface area contributed by atoms with Crippen molar-refractivity contribution in [2.24, 2.45) is 0 Å². The summed E-state index contributed by atoms with van der Waals surface area (Å²) in [5.74, 6) is -0.0196. The van der Waals surface area contributed by atoms with Crippen molar-refractivity contribution in [3.05, 3.63) is 24.0 Å². The molecule has 1 aliphatic rings. The monoisotopic (exact) mass is 195 g/mol. The number of rotatable bonds is 0. The molecule has 1 aromatic carbocycles. The molecule has 74 valence electrons. The molecule has 4 heteroatoms. The van der Waals surface area contributed by atoms with Crippen molar-refractivity contribution in [3.63, 3.8) is 0 Å². The number of carbonyl (C=O) groups is 1. The Labute approximate surface area is 80.9 Å². The van der Waals surface area contributed by atoms with Crippen molar-refractivity contribution in [2.75, 3.05) is 5.32 Å². The first-order valence-corrected chi connectivity index (χ1v) is 4.41. The third-order valence-electron chi connectivity index (χ3n) is 2.02. The molecule has 0 saturated carbocycles. The van der Waals surface area contributed by atoms with Gasteiger partial charge in [-0.3, -0.25) is 4.79 Å². The van der Waals surface area contributed by atoms with Gasteiger partial charge in [0, 0.05) is 6.07 Å². The molecule has 14 heavy (non-hydrogen) atoms. The number of fused-ring (bicyclic) bond motifs is 1. The van der Waals surface area contributed by atoms with Gasteiger partial charge in [-0.1, -0.05) is 0 Å². The Morgan fingerprint density at radius 2 is 2.36 bits per heavy atom. The van der Waals surface area contributed by atoms with Crippen molar-refractivity contribution in [2.45, 2.75) is 19.4 Å². The lowest BCUT2D eigenvalue weighted by Gasteiger charge is -2.10. The summed E-state index contributed by atoms with van der Waals surface area (Å²) < 4.78 is 18.3. The number of carbonyl (C=O) groups excluding carboxylic acids is 1. The van der Waals surface area contributed by atoms with Gasteiger partial charge in [-0.05, 0) is 19.1 Å². The molecule has 1 amide bonds. The highest BCUT2D eigenvalue weighted by Gasteiger charge is 2.19. The van der Waals surface area contributed by atoms with Crippen LogP contribution in [-0.2, 0) is 4.79 Å². The van der Waals surface area contributed by atoms with Crippen LogP contribution in [0.2, 0.25) is 0 Å². The minimum Gasteiger partial charge on any atom is -0.488 e. The van der Waals surface area contributed by atoms with Gasteiger partial charge in [0.15, 0.2) is 0 Å². The van der Waals surface area contributed by atoms with Gasteiger partial charge >= 0.3 is 0 Å². The van der Waals surface area contributed by atoms with Gasteiger partial charge in [0.1, 0.15) is 17.7 Å². The summed E-state index contributed by atoms with van der Waals surface area (Å²) in [7, 11) is 0. The van der Waals surface area contributed by atoms with E-state index in [4.69, 9.17) is 4.74 Å². The Morgan fingerprint density at radius 1 is 1.57 bits per heavy atom. The molecule has 0 saturated heterocycles. The van der Waals surface area contributed by atoms with E-state index in [1.54, 1.807) is 6.92 Å². The number of hydrogen-bond donors (Lipinski definition) is 1. The molecule has 0 aromatic heterocycles. The predicted octanol–water partition coefficient (Wildman–Crippen LogP) is 1.94. The zero-order valence-electron chi connectivity index (χ0n) is 7.71. The predicted molar refractivity (Wildman–Crippen MR) is 49.7 cm³/mol. The van der Waals surface area contributed by atoms with Crippen molar-refractivity contribution in [1.29, 1.82) is 0 Å². The first-order valence-electron chi connectivity index (χ1n) is 4.41. The van der Waals surface area contributed by atoms with E-state index in [0.717, 1.165) is 0 Å². The minimum atomic E-state index is -0.387. The number of hydrogen-bond acceptors (Lipinski definition) is 2. The number of amides is 1. The summed E-state index contributed by atoms with van der Waals surface area (Å²) >= 11 is 0. The smallest absolute Gasteiger partial charge is 0.228 e. The van der Waals surface area contributed by atoms with E-state index in [9.17, 15) is 9.18 Å². The molecule has 1 aromatic rings. The molecule has 0 unspecified atom stereocenters. The molecule has 1 N–H and O–H groups in total. The Balaban J connectivity index is 2.41. The average Bonchev–Trinajstić information content (AvgIpc) is 2.21. The van der Waals surface area contributed by atoms with Crippen LogP contribution < -0.4 is 10.1 Å². The van der Waals surface area contributed by atoms with Crippen LogP contribution in [0.3, 0.4) is 0 Å². The fraction of sp³-hybridized carbons (Fsp3) is 0.300. The first-order chi connectivity index (χ1) is 6.65. The lowest BCUT2D eigenvalue weighted by molar-refractivity contribution is -0.117. The second-order valence-corrected chi connectivity index (χ2v) is 3.32. The third kappa shape index (κ3) is 1.69. The minimum absolute atomic E-state index is 0.151. The molecule has 1 atom stereocenters. The van der Waals surface area contributed by atoms with Gasteiger partial charge in [-0.2, -0.15) is 0 Å². The zero-order chi connectivity index (χ0) is 10.1. The highest BCUT2D eigenvalue weighted by molar-refractivity contribution is 5.93. The van der Waals surface area contributed by atoms with Gasteiger partial charge in [0.2, 0.25) is 5.91 Å². The third-order valence-corrected chi connectivity index (χ3v) is 2.02. The number of nitrogens with one attached hydrogen (secondary N) is 1. The van der Waals surface area contributed by atoms with Crippen LogP contribution in [0.25, 0.3) is 0 Å². The van der Waals surface area contributed by atoms with Gasteiger partial charge in [-0.25, -0.2) is 4.39 Å². The van der Waals surface area contributed by atoms with E-state index in [-0.39, 0.29) is 24.2 Å². The molecule has 0 aliphatic carbocycles. The van der Waals surface area contributed by atoms with E-state index in [1.165, 1.54) is 18.2 Å². The van der Waals surface area contributed by atoms with E-state index in [2.05, 4.69) is 5.32 Å². The molecule has 0 bridgehead atoms. The Kier molecular flexibility index (Phi) is 2.11. The summed E-state index contributed by atoms with van der Waals surface area (Å²) in [6.07, 6.45) is 0.109. The normalized spacial score (nSPS) is 20.4. The van der Waals surface area contributed by atoms with E-state index in [0.29, 0.717) is 11.4 Å². The summed E-state index contributed by atoms with van der Waals surface area (Å²) in [6, 6.07) is 4.08. The van der Waals surface area contributed by atoms with Crippen molar-refractivity contribution in [3.8, 4) is 5.75 Å². The Bertz CT molecular complexity index is 378. The molecular weight excluding hydrogens is 185 g/mol. The van der Waals surface area contributed by atoms with E-state index in [1.807, 2.05) is 0 Å². The van der Waals surface area contributed by atoms with Gasteiger partial charge in [-0.15, -0.1) is 0 Å². The van der Waals surface area contributed by atoms with Crippen LogP contribution >= 0.6 is 0 Å². The van der Waals surface area contributed by atoms with Gasteiger partial charge in [0.05, 0.1) is 12.1 Å². The molecule has 1 aliphatic heterocycles. The molecule has 0 spiro atoms. The van der Waals surface area contributed by atoms with Crippen molar-refractivity contribution >= 4 is 11.6 Å². The summed E-state index contributed by atoms with van der Waals surface area (Å²) in [4.78, 5) is 11.3. The number of halogens is 1. The maximum absolute atomic E-state index is 12.8. The lowest BCUT2D eigenvalue weighted by Crippen LogP contribution is -2.17. The van der Waals surface area contributed by atoms with Crippen LogP contribution in [0.1, 0.15) is 13.3 Å². The molecular formula is C10H10FNO2. The van der Waals surface area contributed by atoms with Gasteiger partial charge < -0.3 is 10.1 Å². The summed E-state index contributed by atoms with van der Waals surface area (Å²) in [5, 5.41) is 2.59. The van der Waals surface area contributed by atoms with Crippen LogP contribution in [0.5, 0.6) is 5.75 Å². The second kappa shape index (κ2) is 3.29. The molecule has 0 fully saturated rings. The van der Waals surface area contributed by atoms with Crippen molar-refractivity contribution in [1.82, 2.24) is 0 Å². The second-order valence-electron chi connectivity index (χ2n) is 3.32. The fourth-order valence-electron chi connectivity index (χ4n) is 1.42. The maximum atomic E-state index is 12.8. The lowest BCUT2D eigenvalue weighted by atomic mass is 10.3. The average molecular weight is 195 g/mol. The van der Waals surface area contributed by atoms with Crippen LogP contribution in [-0.4, -0.2) is 12.0 Å². The van der Waals surface area contributed by atoms with E-state index < -0.39 is 0 Å². The maximum Gasteiger partial charge on any atom is 0.228 e.